The van der Waals surface area contributed by atoms with Gasteiger partial charge in [-0.15, -0.1) is 5.10 Å². The first-order valence-electron chi connectivity index (χ1n) is 6.85. The summed E-state index contributed by atoms with van der Waals surface area (Å²) in [5.41, 5.74) is 1.10. The number of hydrogen-bond donors (Lipinski definition) is 2. The Morgan fingerprint density at radius 2 is 1.90 bits per heavy atom. The van der Waals surface area contributed by atoms with Gasteiger partial charge in [-0.3, -0.25) is 0 Å². The largest absolute Gasteiger partial charge is 0.466 e. The SMILES string of the molecule is Cc1cc(C(C)Nc2nnc(CNC(C)C)o2)c(C)o1. The summed E-state index contributed by atoms with van der Waals surface area (Å²) in [5, 5.41) is 14.4. The van der Waals surface area contributed by atoms with Crippen molar-refractivity contribution >= 4 is 6.01 Å². The molecule has 20 heavy (non-hydrogen) atoms. The number of furan rings is 1. The molecule has 0 fully saturated rings. The van der Waals surface area contributed by atoms with Crippen LogP contribution in [0.1, 0.15) is 49.8 Å². The molecule has 0 spiro atoms. The van der Waals surface area contributed by atoms with Gasteiger partial charge in [-0.05, 0) is 26.8 Å². The zero-order valence-corrected chi connectivity index (χ0v) is 12.7. The van der Waals surface area contributed by atoms with Crippen LogP contribution in [-0.2, 0) is 6.54 Å². The Balaban J connectivity index is 1.98. The Morgan fingerprint density at radius 1 is 1.15 bits per heavy atom. The van der Waals surface area contributed by atoms with E-state index in [4.69, 9.17) is 8.83 Å². The first-order chi connectivity index (χ1) is 9.45. The highest BCUT2D eigenvalue weighted by atomic mass is 16.4. The highest BCUT2D eigenvalue weighted by molar-refractivity contribution is 5.31. The lowest BCUT2D eigenvalue weighted by molar-refractivity contribution is 0.456. The van der Waals surface area contributed by atoms with Crippen LogP contribution in [0.5, 0.6) is 0 Å². The molecule has 1 unspecified atom stereocenters. The van der Waals surface area contributed by atoms with Crippen LogP contribution in [0.4, 0.5) is 6.01 Å². The summed E-state index contributed by atoms with van der Waals surface area (Å²) in [6.45, 7) is 10.6. The molecule has 0 radical (unpaired) electrons. The second kappa shape index (κ2) is 6.09. The second-order valence-corrected chi connectivity index (χ2v) is 5.27. The minimum Gasteiger partial charge on any atom is -0.466 e. The summed E-state index contributed by atoms with van der Waals surface area (Å²) in [6, 6.07) is 2.88. The summed E-state index contributed by atoms with van der Waals surface area (Å²) in [4.78, 5) is 0. The molecular formula is C14H22N4O2. The fourth-order valence-corrected chi connectivity index (χ4v) is 2.02. The summed E-state index contributed by atoms with van der Waals surface area (Å²) >= 11 is 0. The van der Waals surface area contributed by atoms with Crippen LogP contribution in [-0.4, -0.2) is 16.2 Å². The second-order valence-electron chi connectivity index (χ2n) is 5.27. The van der Waals surface area contributed by atoms with Crippen LogP contribution in [0.25, 0.3) is 0 Å². The van der Waals surface area contributed by atoms with E-state index in [1.807, 2.05) is 26.8 Å². The predicted octanol–water partition coefficient (Wildman–Crippen LogP) is 2.95. The Kier molecular flexibility index (Phi) is 4.44. The number of aromatic nitrogens is 2. The highest BCUT2D eigenvalue weighted by Gasteiger charge is 2.15. The predicted molar refractivity (Wildman–Crippen MR) is 76.5 cm³/mol. The van der Waals surface area contributed by atoms with Crippen LogP contribution in [0, 0.1) is 13.8 Å². The van der Waals surface area contributed by atoms with E-state index in [9.17, 15) is 0 Å². The van der Waals surface area contributed by atoms with E-state index in [0.717, 1.165) is 17.1 Å². The number of nitrogens with zero attached hydrogens (tertiary/aromatic N) is 2. The van der Waals surface area contributed by atoms with Gasteiger partial charge in [0, 0.05) is 11.6 Å². The van der Waals surface area contributed by atoms with Gasteiger partial charge >= 0.3 is 6.01 Å². The van der Waals surface area contributed by atoms with Crippen molar-refractivity contribution in [2.75, 3.05) is 5.32 Å². The minimum atomic E-state index is 0.0545. The van der Waals surface area contributed by atoms with E-state index < -0.39 is 0 Å². The molecule has 1 atom stereocenters. The van der Waals surface area contributed by atoms with Crippen molar-refractivity contribution in [3.8, 4) is 0 Å². The molecule has 0 bridgehead atoms. The van der Waals surface area contributed by atoms with Crippen molar-refractivity contribution in [1.82, 2.24) is 15.5 Å². The fraction of sp³-hybridized carbons (Fsp3) is 0.571. The number of aryl methyl sites for hydroxylation is 2. The van der Waals surface area contributed by atoms with Crippen molar-refractivity contribution in [1.29, 1.82) is 0 Å². The topological polar surface area (TPSA) is 76.1 Å². The van der Waals surface area contributed by atoms with E-state index in [-0.39, 0.29) is 6.04 Å². The number of anilines is 1. The van der Waals surface area contributed by atoms with E-state index in [1.54, 1.807) is 0 Å². The van der Waals surface area contributed by atoms with Gasteiger partial charge < -0.3 is 19.5 Å². The quantitative estimate of drug-likeness (QED) is 0.846. The molecule has 0 amide bonds. The maximum Gasteiger partial charge on any atom is 0.315 e. The molecule has 2 rings (SSSR count). The molecule has 2 N–H and O–H groups in total. The summed E-state index contributed by atoms with van der Waals surface area (Å²) in [6.07, 6.45) is 0. The molecule has 2 aromatic heterocycles. The standard InChI is InChI=1S/C14H22N4O2/c1-8(2)15-7-13-17-18-14(20-13)16-10(4)12-6-9(3)19-11(12)5/h6,8,10,15H,7H2,1-5H3,(H,16,18). The summed E-state index contributed by atoms with van der Waals surface area (Å²) < 4.78 is 11.1. The molecule has 0 aliphatic carbocycles. The monoisotopic (exact) mass is 278 g/mol. The van der Waals surface area contributed by atoms with E-state index in [2.05, 4.69) is 34.7 Å². The molecule has 0 aromatic carbocycles. The molecule has 0 saturated heterocycles. The molecule has 6 heteroatoms. The van der Waals surface area contributed by atoms with Crippen LogP contribution in [0.2, 0.25) is 0 Å². The van der Waals surface area contributed by atoms with Crippen molar-refractivity contribution in [2.45, 2.75) is 53.2 Å². The maximum atomic E-state index is 5.55. The first kappa shape index (κ1) is 14.6. The van der Waals surface area contributed by atoms with Crippen molar-refractivity contribution in [3.05, 3.63) is 29.0 Å². The van der Waals surface area contributed by atoms with Gasteiger partial charge in [-0.2, -0.15) is 0 Å². The zero-order chi connectivity index (χ0) is 14.7. The van der Waals surface area contributed by atoms with Crippen LogP contribution in [0.15, 0.2) is 14.9 Å². The third-order valence-electron chi connectivity index (χ3n) is 3.01. The fourth-order valence-electron chi connectivity index (χ4n) is 2.02. The zero-order valence-electron chi connectivity index (χ0n) is 12.7. The number of nitrogens with one attached hydrogen (secondary N) is 2. The van der Waals surface area contributed by atoms with Gasteiger partial charge in [0.05, 0.1) is 12.6 Å². The van der Waals surface area contributed by atoms with Gasteiger partial charge in [-0.25, -0.2) is 0 Å². The first-order valence-corrected chi connectivity index (χ1v) is 6.85. The lowest BCUT2D eigenvalue weighted by Gasteiger charge is -2.10. The lowest BCUT2D eigenvalue weighted by atomic mass is 10.1. The molecule has 0 saturated carbocycles. The maximum absolute atomic E-state index is 5.55. The van der Waals surface area contributed by atoms with Crippen LogP contribution < -0.4 is 10.6 Å². The van der Waals surface area contributed by atoms with Crippen molar-refractivity contribution in [3.63, 3.8) is 0 Å². The smallest absolute Gasteiger partial charge is 0.315 e. The normalized spacial score (nSPS) is 12.9. The molecule has 110 valence electrons. The third kappa shape index (κ3) is 3.60. The molecule has 0 aliphatic heterocycles. The Morgan fingerprint density at radius 3 is 2.50 bits per heavy atom. The Bertz CT molecular complexity index is 559. The molecule has 2 aromatic rings. The van der Waals surface area contributed by atoms with Gasteiger partial charge in [0.2, 0.25) is 5.89 Å². The Hall–Kier alpha value is -1.82. The van der Waals surface area contributed by atoms with Crippen LogP contribution >= 0.6 is 0 Å². The minimum absolute atomic E-state index is 0.0545. The van der Waals surface area contributed by atoms with E-state index in [1.165, 1.54) is 0 Å². The molecule has 2 heterocycles. The third-order valence-corrected chi connectivity index (χ3v) is 3.01. The van der Waals surface area contributed by atoms with Gasteiger partial charge in [-0.1, -0.05) is 18.9 Å². The summed E-state index contributed by atoms with van der Waals surface area (Å²) in [5.74, 6) is 2.38. The average Bonchev–Trinajstić information content (AvgIpc) is 2.93. The van der Waals surface area contributed by atoms with Gasteiger partial charge in [0.1, 0.15) is 11.5 Å². The molecular weight excluding hydrogens is 256 g/mol. The van der Waals surface area contributed by atoms with Crippen molar-refractivity contribution < 1.29 is 8.83 Å². The number of hydrogen-bond acceptors (Lipinski definition) is 6. The van der Waals surface area contributed by atoms with Crippen LogP contribution in [0.3, 0.4) is 0 Å². The lowest BCUT2D eigenvalue weighted by Crippen LogP contribution is -2.21. The molecule has 0 aliphatic rings. The average molecular weight is 278 g/mol. The summed E-state index contributed by atoms with van der Waals surface area (Å²) in [7, 11) is 0. The van der Waals surface area contributed by atoms with E-state index >= 15 is 0 Å². The van der Waals surface area contributed by atoms with E-state index in [0.29, 0.717) is 24.5 Å². The Labute approximate surface area is 119 Å². The number of rotatable bonds is 6. The highest BCUT2D eigenvalue weighted by Crippen LogP contribution is 2.24. The van der Waals surface area contributed by atoms with Crippen molar-refractivity contribution in [2.24, 2.45) is 0 Å². The van der Waals surface area contributed by atoms with Gasteiger partial charge in [0.15, 0.2) is 0 Å². The van der Waals surface area contributed by atoms with Gasteiger partial charge in [0.25, 0.3) is 0 Å². The molecule has 6 nitrogen and oxygen atoms in total.